The average molecular weight is 194 g/mol. The van der Waals surface area contributed by atoms with Crippen molar-refractivity contribution in [3.05, 3.63) is 35.6 Å². The van der Waals surface area contributed by atoms with E-state index in [0.717, 1.165) is 0 Å². The lowest BCUT2D eigenvalue weighted by Crippen LogP contribution is -2.11. The highest BCUT2D eigenvalue weighted by Crippen LogP contribution is 2.22. The molecule has 0 saturated carbocycles. The Morgan fingerprint density at radius 1 is 1.50 bits per heavy atom. The maximum Gasteiger partial charge on any atom is 0.137 e. The standard InChI is InChI=1S/C11H11FO2/c1-8(14)9(6-7-13)10-4-2-3-5-11(10)12/h2-5,7,9H,6H2,1H3. The van der Waals surface area contributed by atoms with Crippen molar-refractivity contribution in [1.29, 1.82) is 0 Å². The highest BCUT2D eigenvalue weighted by atomic mass is 19.1. The van der Waals surface area contributed by atoms with Crippen LogP contribution in [0.25, 0.3) is 0 Å². The number of ketones is 1. The van der Waals surface area contributed by atoms with Crippen LogP contribution in [-0.4, -0.2) is 12.1 Å². The van der Waals surface area contributed by atoms with Crippen molar-refractivity contribution in [2.45, 2.75) is 19.3 Å². The molecular weight excluding hydrogens is 183 g/mol. The van der Waals surface area contributed by atoms with Gasteiger partial charge in [0.05, 0.1) is 5.92 Å². The van der Waals surface area contributed by atoms with Crippen LogP contribution in [0.15, 0.2) is 24.3 Å². The Hall–Kier alpha value is -1.51. The summed E-state index contributed by atoms with van der Waals surface area (Å²) in [6.07, 6.45) is 0.675. The van der Waals surface area contributed by atoms with Crippen LogP contribution in [0.1, 0.15) is 24.8 Å². The average Bonchev–Trinajstić information content (AvgIpc) is 2.15. The molecule has 0 N–H and O–H groups in total. The first kappa shape index (κ1) is 10.6. The topological polar surface area (TPSA) is 34.1 Å². The molecule has 14 heavy (non-hydrogen) atoms. The maximum absolute atomic E-state index is 13.3. The van der Waals surface area contributed by atoms with Gasteiger partial charge in [0.1, 0.15) is 17.9 Å². The Bertz CT molecular complexity index is 347. The minimum Gasteiger partial charge on any atom is -0.303 e. The number of carbonyl (C=O) groups excluding carboxylic acids is 2. The number of hydrogen-bond acceptors (Lipinski definition) is 2. The fraction of sp³-hybridized carbons (Fsp3) is 0.273. The second-order valence-electron chi connectivity index (χ2n) is 3.09. The molecule has 0 saturated heterocycles. The van der Waals surface area contributed by atoms with Crippen LogP contribution < -0.4 is 0 Å². The molecular formula is C11H11FO2. The van der Waals surface area contributed by atoms with E-state index in [1.54, 1.807) is 12.1 Å². The molecule has 74 valence electrons. The number of aldehydes is 1. The number of benzene rings is 1. The lowest BCUT2D eigenvalue weighted by Gasteiger charge is -2.11. The van der Waals surface area contributed by atoms with E-state index >= 15 is 0 Å². The zero-order valence-corrected chi connectivity index (χ0v) is 7.87. The van der Waals surface area contributed by atoms with E-state index in [2.05, 4.69) is 0 Å². The molecule has 0 fully saturated rings. The second kappa shape index (κ2) is 4.65. The van der Waals surface area contributed by atoms with E-state index in [0.29, 0.717) is 11.8 Å². The van der Waals surface area contributed by atoms with E-state index in [4.69, 9.17) is 0 Å². The fourth-order valence-corrected chi connectivity index (χ4v) is 1.37. The third-order valence-corrected chi connectivity index (χ3v) is 2.10. The highest BCUT2D eigenvalue weighted by Gasteiger charge is 2.19. The zero-order valence-electron chi connectivity index (χ0n) is 7.87. The van der Waals surface area contributed by atoms with Gasteiger partial charge in [0.2, 0.25) is 0 Å². The van der Waals surface area contributed by atoms with Crippen LogP contribution in [0.5, 0.6) is 0 Å². The van der Waals surface area contributed by atoms with Gasteiger partial charge in [-0.2, -0.15) is 0 Å². The SMILES string of the molecule is CC(=O)C(CC=O)c1ccccc1F. The molecule has 2 nitrogen and oxygen atoms in total. The van der Waals surface area contributed by atoms with Crippen molar-refractivity contribution in [1.82, 2.24) is 0 Å². The van der Waals surface area contributed by atoms with Crippen LogP contribution in [0.2, 0.25) is 0 Å². The normalized spacial score (nSPS) is 12.1. The molecule has 1 aromatic carbocycles. The number of rotatable bonds is 4. The van der Waals surface area contributed by atoms with E-state index in [1.165, 1.54) is 19.1 Å². The Labute approximate surface area is 81.7 Å². The monoisotopic (exact) mass is 194 g/mol. The predicted molar refractivity (Wildman–Crippen MR) is 50.5 cm³/mol. The Morgan fingerprint density at radius 2 is 2.14 bits per heavy atom. The molecule has 0 bridgehead atoms. The lowest BCUT2D eigenvalue weighted by atomic mass is 9.92. The molecule has 1 aromatic rings. The summed E-state index contributed by atoms with van der Waals surface area (Å²) in [7, 11) is 0. The molecule has 1 rings (SSSR count). The summed E-state index contributed by atoms with van der Waals surface area (Å²) in [5.41, 5.74) is 0.298. The van der Waals surface area contributed by atoms with Gasteiger partial charge in [0.25, 0.3) is 0 Å². The van der Waals surface area contributed by atoms with Crippen molar-refractivity contribution in [3.8, 4) is 0 Å². The molecule has 0 heterocycles. The maximum atomic E-state index is 13.3. The lowest BCUT2D eigenvalue weighted by molar-refractivity contribution is -0.120. The molecule has 0 amide bonds. The van der Waals surface area contributed by atoms with Crippen LogP contribution in [0, 0.1) is 5.82 Å². The van der Waals surface area contributed by atoms with E-state index in [9.17, 15) is 14.0 Å². The van der Waals surface area contributed by atoms with Gasteiger partial charge in [-0.1, -0.05) is 18.2 Å². The molecule has 0 aromatic heterocycles. The van der Waals surface area contributed by atoms with Crippen LogP contribution in [0.4, 0.5) is 4.39 Å². The summed E-state index contributed by atoms with van der Waals surface area (Å²) in [5, 5.41) is 0. The van der Waals surface area contributed by atoms with Gasteiger partial charge in [-0.15, -0.1) is 0 Å². The molecule has 0 spiro atoms. The number of carbonyl (C=O) groups is 2. The molecule has 1 unspecified atom stereocenters. The third-order valence-electron chi connectivity index (χ3n) is 2.10. The summed E-state index contributed by atoms with van der Waals surface area (Å²) in [6.45, 7) is 1.36. The highest BCUT2D eigenvalue weighted by molar-refractivity contribution is 5.85. The van der Waals surface area contributed by atoms with E-state index in [1.807, 2.05) is 0 Å². The summed E-state index contributed by atoms with van der Waals surface area (Å²) in [6, 6.07) is 6.02. The van der Waals surface area contributed by atoms with Crippen molar-refractivity contribution in [2.24, 2.45) is 0 Å². The molecule has 0 radical (unpaired) electrons. The first-order chi connectivity index (χ1) is 6.66. The van der Waals surface area contributed by atoms with E-state index in [-0.39, 0.29) is 12.2 Å². The molecule has 3 heteroatoms. The number of hydrogen-bond donors (Lipinski definition) is 0. The molecule has 0 aliphatic rings. The smallest absolute Gasteiger partial charge is 0.137 e. The van der Waals surface area contributed by atoms with Gasteiger partial charge in [-0.05, 0) is 18.6 Å². The first-order valence-electron chi connectivity index (χ1n) is 4.35. The zero-order chi connectivity index (χ0) is 10.6. The van der Waals surface area contributed by atoms with Gasteiger partial charge in [0, 0.05) is 6.42 Å². The van der Waals surface area contributed by atoms with Crippen LogP contribution in [0.3, 0.4) is 0 Å². The van der Waals surface area contributed by atoms with Crippen molar-refractivity contribution in [2.75, 3.05) is 0 Å². The number of Topliss-reactive ketones (excluding diaryl/α,β-unsaturated/α-hetero) is 1. The van der Waals surface area contributed by atoms with E-state index < -0.39 is 11.7 Å². The van der Waals surface area contributed by atoms with Gasteiger partial charge in [-0.3, -0.25) is 4.79 Å². The minimum atomic E-state index is -0.645. The van der Waals surface area contributed by atoms with Gasteiger partial charge < -0.3 is 4.79 Å². The molecule has 0 aliphatic carbocycles. The first-order valence-corrected chi connectivity index (χ1v) is 4.35. The second-order valence-corrected chi connectivity index (χ2v) is 3.09. The van der Waals surface area contributed by atoms with Crippen LogP contribution >= 0.6 is 0 Å². The quantitative estimate of drug-likeness (QED) is 0.688. The predicted octanol–water partition coefficient (Wildman–Crippen LogP) is 2.09. The Morgan fingerprint density at radius 3 is 2.64 bits per heavy atom. The summed E-state index contributed by atoms with van der Waals surface area (Å²) in [4.78, 5) is 21.5. The Kier molecular flexibility index (Phi) is 3.51. The Balaban J connectivity index is 3.04. The molecule has 1 atom stereocenters. The van der Waals surface area contributed by atoms with Gasteiger partial charge >= 0.3 is 0 Å². The minimum absolute atomic E-state index is 0.0380. The summed E-state index contributed by atoms with van der Waals surface area (Å²) >= 11 is 0. The summed E-state index contributed by atoms with van der Waals surface area (Å²) < 4.78 is 13.3. The summed E-state index contributed by atoms with van der Waals surface area (Å²) in [5.74, 6) is -1.27. The third kappa shape index (κ3) is 2.25. The van der Waals surface area contributed by atoms with Crippen molar-refractivity contribution in [3.63, 3.8) is 0 Å². The van der Waals surface area contributed by atoms with Gasteiger partial charge in [0.15, 0.2) is 0 Å². The van der Waals surface area contributed by atoms with Gasteiger partial charge in [-0.25, -0.2) is 4.39 Å². The van der Waals surface area contributed by atoms with Crippen molar-refractivity contribution >= 4 is 12.1 Å². The van der Waals surface area contributed by atoms with Crippen LogP contribution in [-0.2, 0) is 9.59 Å². The largest absolute Gasteiger partial charge is 0.303 e. The van der Waals surface area contributed by atoms with Crippen molar-refractivity contribution < 1.29 is 14.0 Å². The number of halogens is 1. The fourth-order valence-electron chi connectivity index (χ4n) is 1.37. The molecule has 0 aliphatic heterocycles.